The van der Waals surface area contributed by atoms with Crippen LogP contribution in [0.2, 0.25) is 0 Å². The summed E-state index contributed by atoms with van der Waals surface area (Å²) in [6.07, 6.45) is 6.03. The molecule has 0 radical (unpaired) electrons. The fourth-order valence-corrected chi connectivity index (χ4v) is 3.78. The third kappa shape index (κ3) is 4.28. The lowest BCUT2D eigenvalue weighted by Gasteiger charge is -2.38. The van der Waals surface area contributed by atoms with Crippen LogP contribution in [0.5, 0.6) is 5.75 Å². The average molecular weight is 331 g/mol. The second-order valence-electron chi connectivity index (χ2n) is 6.82. The van der Waals surface area contributed by atoms with E-state index in [-0.39, 0.29) is 5.91 Å². The zero-order valence-electron chi connectivity index (χ0n) is 14.5. The van der Waals surface area contributed by atoms with Gasteiger partial charge in [-0.05, 0) is 63.4 Å². The monoisotopic (exact) mass is 331 g/mol. The largest absolute Gasteiger partial charge is 0.492 e. The Morgan fingerprint density at radius 2 is 1.96 bits per heavy atom. The van der Waals surface area contributed by atoms with Crippen molar-refractivity contribution in [2.75, 3.05) is 39.3 Å². The molecule has 24 heavy (non-hydrogen) atoms. The number of hydrogen-bond acceptors (Lipinski definition) is 4. The van der Waals surface area contributed by atoms with E-state index in [9.17, 15) is 4.79 Å². The summed E-state index contributed by atoms with van der Waals surface area (Å²) in [6.45, 7) is 5.20. The summed E-state index contributed by atoms with van der Waals surface area (Å²) in [5.41, 5.74) is 6.20. The maximum absolute atomic E-state index is 13.0. The summed E-state index contributed by atoms with van der Waals surface area (Å²) in [7, 11) is 0. The van der Waals surface area contributed by atoms with Gasteiger partial charge in [-0.1, -0.05) is 6.07 Å². The highest BCUT2D eigenvalue weighted by Gasteiger charge is 2.29. The van der Waals surface area contributed by atoms with Crippen LogP contribution in [0, 0.1) is 0 Å². The molecule has 2 aliphatic rings. The molecule has 2 fully saturated rings. The normalized spacial score (nSPS) is 21.9. The summed E-state index contributed by atoms with van der Waals surface area (Å²) < 4.78 is 5.56. The number of likely N-dealkylation sites (tertiary alicyclic amines) is 2. The van der Waals surface area contributed by atoms with Crippen molar-refractivity contribution in [3.63, 3.8) is 0 Å². The predicted octanol–water partition coefficient (Wildman–Crippen LogP) is 2.11. The first-order chi connectivity index (χ1) is 11.8. The Morgan fingerprint density at radius 1 is 1.17 bits per heavy atom. The molecule has 0 saturated carbocycles. The number of nitrogens with two attached hydrogens (primary N) is 1. The summed E-state index contributed by atoms with van der Waals surface area (Å²) in [5.74, 6) is 0.858. The minimum absolute atomic E-state index is 0.136. The number of benzene rings is 1. The molecule has 5 heteroatoms. The van der Waals surface area contributed by atoms with Crippen LogP contribution in [-0.4, -0.2) is 61.1 Å². The molecular weight excluding hydrogens is 302 g/mol. The molecule has 0 bridgehead atoms. The Morgan fingerprint density at radius 3 is 2.75 bits per heavy atom. The fraction of sp³-hybridized carbons (Fsp3) is 0.632. The maximum atomic E-state index is 13.0. The number of carbonyl (C=O) groups excluding carboxylic acids is 1. The Bertz CT molecular complexity index is 543. The Hall–Kier alpha value is -1.59. The standard InChI is InChI=1S/C19H29N3O2/c20-9-13-24-18-8-5-6-16(14-18)19(23)22-12-2-1-7-17(22)15-21-10-3-4-11-21/h5-6,8,14,17H,1-4,7,9-13,15,20H2. The third-order valence-electron chi connectivity index (χ3n) is 5.02. The van der Waals surface area contributed by atoms with Gasteiger partial charge in [0.2, 0.25) is 0 Å². The molecule has 1 unspecified atom stereocenters. The van der Waals surface area contributed by atoms with E-state index in [1.807, 2.05) is 24.3 Å². The van der Waals surface area contributed by atoms with Crippen molar-refractivity contribution in [2.45, 2.75) is 38.1 Å². The zero-order valence-corrected chi connectivity index (χ0v) is 14.5. The van der Waals surface area contributed by atoms with Gasteiger partial charge in [0.1, 0.15) is 12.4 Å². The molecule has 2 N–H and O–H groups in total. The smallest absolute Gasteiger partial charge is 0.254 e. The van der Waals surface area contributed by atoms with Crippen molar-refractivity contribution in [1.29, 1.82) is 0 Å². The number of hydrogen-bond donors (Lipinski definition) is 1. The van der Waals surface area contributed by atoms with E-state index < -0.39 is 0 Å². The molecule has 0 spiro atoms. The van der Waals surface area contributed by atoms with E-state index in [0.29, 0.717) is 19.2 Å². The Labute approximate surface area is 144 Å². The Balaban J connectivity index is 1.68. The van der Waals surface area contributed by atoms with Crippen molar-refractivity contribution in [2.24, 2.45) is 5.73 Å². The minimum atomic E-state index is 0.136. The lowest BCUT2D eigenvalue weighted by Crippen LogP contribution is -2.49. The van der Waals surface area contributed by atoms with Gasteiger partial charge in [0.25, 0.3) is 5.91 Å². The molecule has 132 valence electrons. The number of piperidine rings is 1. The van der Waals surface area contributed by atoms with E-state index in [2.05, 4.69) is 9.80 Å². The number of nitrogens with zero attached hydrogens (tertiary/aromatic N) is 2. The molecule has 2 saturated heterocycles. The molecule has 2 aliphatic heterocycles. The lowest BCUT2D eigenvalue weighted by molar-refractivity contribution is 0.0560. The van der Waals surface area contributed by atoms with Crippen molar-refractivity contribution in [3.05, 3.63) is 29.8 Å². The summed E-state index contributed by atoms with van der Waals surface area (Å²) in [4.78, 5) is 17.6. The first kappa shape index (κ1) is 17.2. The number of amides is 1. The molecule has 1 aromatic carbocycles. The minimum Gasteiger partial charge on any atom is -0.492 e. The van der Waals surface area contributed by atoms with Crippen LogP contribution in [0.25, 0.3) is 0 Å². The molecule has 1 atom stereocenters. The SMILES string of the molecule is NCCOc1cccc(C(=O)N2CCCCC2CN2CCCC2)c1. The van der Waals surface area contributed by atoms with Crippen LogP contribution in [0.4, 0.5) is 0 Å². The first-order valence-corrected chi connectivity index (χ1v) is 9.24. The predicted molar refractivity (Wildman–Crippen MR) is 95.3 cm³/mol. The molecular formula is C19H29N3O2. The topological polar surface area (TPSA) is 58.8 Å². The lowest BCUT2D eigenvalue weighted by atomic mass is 10.00. The van der Waals surface area contributed by atoms with Crippen molar-refractivity contribution in [3.8, 4) is 5.75 Å². The van der Waals surface area contributed by atoms with Gasteiger partial charge in [0.15, 0.2) is 0 Å². The van der Waals surface area contributed by atoms with Crippen molar-refractivity contribution < 1.29 is 9.53 Å². The highest BCUT2D eigenvalue weighted by molar-refractivity contribution is 5.94. The molecule has 0 aliphatic carbocycles. The van der Waals surface area contributed by atoms with Gasteiger partial charge in [-0.2, -0.15) is 0 Å². The van der Waals surface area contributed by atoms with E-state index >= 15 is 0 Å². The van der Waals surface area contributed by atoms with E-state index in [1.165, 1.54) is 32.4 Å². The molecule has 1 aromatic rings. The second kappa shape index (κ2) is 8.49. The quantitative estimate of drug-likeness (QED) is 0.867. The van der Waals surface area contributed by atoms with E-state index in [4.69, 9.17) is 10.5 Å². The van der Waals surface area contributed by atoms with Gasteiger partial charge < -0.3 is 20.3 Å². The van der Waals surface area contributed by atoms with Crippen molar-refractivity contribution in [1.82, 2.24) is 9.80 Å². The van der Waals surface area contributed by atoms with Crippen LogP contribution in [0.3, 0.4) is 0 Å². The Kier molecular flexibility index (Phi) is 6.10. The van der Waals surface area contributed by atoms with Crippen LogP contribution in [0.15, 0.2) is 24.3 Å². The first-order valence-electron chi connectivity index (χ1n) is 9.24. The van der Waals surface area contributed by atoms with Crippen LogP contribution in [-0.2, 0) is 0 Å². The van der Waals surface area contributed by atoms with Gasteiger partial charge in [-0.15, -0.1) is 0 Å². The van der Waals surface area contributed by atoms with Crippen molar-refractivity contribution >= 4 is 5.91 Å². The van der Waals surface area contributed by atoms with Gasteiger partial charge >= 0.3 is 0 Å². The maximum Gasteiger partial charge on any atom is 0.254 e. The number of rotatable bonds is 6. The fourth-order valence-electron chi connectivity index (χ4n) is 3.78. The van der Waals surface area contributed by atoms with Crippen LogP contribution < -0.4 is 10.5 Å². The zero-order chi connectivity index (χ0) is 16.8. The van der Waals surface area contributed by atoms with E-state index in [1.54, 1.807) is 0 Å². The van der Waals surface area contributed by atoms with E-state index in [0.717, 1.165) is 37.2 Å². The molecule has 1 amide bonds. The van der Waals surface area contributed by atoms with Crippen LogP contribution >= 0.6 is 0 Å². The highest BCUT2D eigenvalue weighted by atomic mass is 16.5. The second-order valence-corrected chi connectivity index (χ2v) is 6.82. The van der Waals surface area contributed by atoms with Gasteiger partial charge in [-0.3, -0.25) is 4.79 Å². The summed E-state index contributed by atoms with van der Waals surface area (Å²) in [5, 5.41) is 0. The number of carbonyl (C=O) groups is 1. The summed E-state index contributed by atoms with van der Waals surface area (Å²) >= 11 is 0. The average Bonchev–Trinajstić information content (AvgIpc) is 3.13. The van der Waals surface area contributed by atoms with Gasteiger partial charge in [0, 0.05) is 31.2 Å². The highest BCUT2D eigenvalue weighted by Crippen LogP contribution is 2.23. The van der Waals surface area contributed by atoms with Gasteiger partial charge in [-0.25, -0.2) is 0 Å². The molecule has 2 heterocycles. The summed E-state index contributed by atoms with van der Waals surface area (Å²) in [6, 6.07) is 7.85. The van der Waals surface area contributed by atoms with Crippen LogP contribution in [0.1, 0.15) is 42.5 Å². The third-order valence-corrected chi connectivity index (χ3v) is 5.02. The van der Waals surface area contributed by atoms with Gasteiger partial charge in [0.05, 0.1) is 0 Å². The molecule has 3 rings (SSSR count). The molecule has 0 aromatic heterocycles. The molecule has 5 nitrogen and oxygen atoms in total. The number of ether oxygens (including phenoxy) is 1.